The fourth-order valence-electron chi connectivity index (χ4n) is 2.08. The number of halogens is 1. The van der Waals surface area contributed by atoms with E-state index in [1.165, 1.54) is 12.3 Å². The van der Waals surface area contributed by atoms with Gasteiger partial charge in [-0.3, -0.25) is 0 Å². The van der Waals surface area contributed by atoms with E-state index in [1.54, 1.807) is 0 Å². The molecule has 0 aromatic carbocycles. The van der Waals surface area contributed by atoms with Crippen molar-refractivity contribution in [1.82, 2.24) is 9.71 Å². The Labute approximate surface area is 122 Å². The molecule has 0 aliphatic heterocycles. The molecule has 1 fully saturated rings. The lowest BCUT2D eigenvalue weighted by Crippen LogP contribution is -2.33. The van der Waals surface area contributed by atoms with Crippen LogP contribution < -0.4 is 10.5 Å². The van der Waals surface area contributed by atoms with Crippen LogP contribution in [-0.2, 0) is 10.0 Å². The molecular weight excluding hydrogens is 330 g/mol. The normalized spacial score (nSPS) is 17.7. The molecule has 0 saturated heterocycles. The first-order chi connectivity index (χ1) is 8.77. The molecule has 1 aromatic heterocycles. The summed E-state index contributed by atoms with van der Waals surface area (Å²) in [6.07, 6.45) is 3.61. The standard InChI is InChI=1S/C12H18BrN3O2S/c1-8(2)12(3-4-12)7-16-19(17,18)10-5-9(13)6-15-11(10)14/h5-6,8,16H,3-4,7H2,1-2H3,(H2,14,15). The number of hydrogen-bond donors (Lipinski definition) is 2. The highest BCUT2D eigenvalue weighted by Gasteiger charge is 2.45. The summed E-state index contributed by atoms with van der Waals surface area (Å²) in [5.41, 5.74) is 5.75. The number of hydrogen-bond acceptors (Lipinski definition) is 4. The van der Waals surface area contributed by atoms with Crippen LogP contribution in [0.2, 0.25) is 0 Å². The number of sulfonamides is 1. The first kappa shape index (κ1) is 14.7. The van der Waals surface area contributed by atoms with E-state index in [-0.39, 0.29) is 16.1 Å². The Kier molecular flexibility index (Phi) is 3.90. The van der Waals surface area contributed by atoms with Crippen molar-refractivity contribution in [2.75, 3.05) is 12.3 Å². The molecule has 0 spiro atoms. The Morgan fingerprint density at radius 3 is 2.68 bits per heavy atom. The van der Waals surface area contributed by atoms with Gasteiger partial charge < -0.3 is 5.73 Å². The number of nitrogens with one attached hydrogen (secondary N) is 1. The maximum absolute atomic E-state index is 12.3. The van der Waals surface area contributed by atoms with Crippen molar-refractivity contribution >= 4 is 31.8 Å². The highest BCUT2D eigenvalue weighted by molar-refractivity contribution is 9.10. The molecule has 1 heterocycles. The summed E-state index contributed by atoms with van der Waals surface area (Å²) in [5.74, 6) is 0.485. The molecule has 7 heteroatoms. The summed E-state index contributed by atoms with van der Waals surface area (Å²) in [6, 6.07) is 1.47. The Morgan fingerprint density at radius 2 is 2.16 bits per heavy atom. The van der Waals surface area contributed by atoms with Crippen LogP contribution in [-0.4, -0.2) is 19.9 Å². The minimum absolute atomic E-state index is 0.0186. The lowest BCUT2D eigenvalue weighted by atomic mass is 9.93. The van der Waals surface area contributed by atoms with Gasteiger partial charge in [-0.2, -0.15) is 0 Å². The zero-order chi connectivity index (χ0) is 14.3. The smallest absolute Gasteiger partial charge is 0.244 e. The SMILES string of the molecule is CC(C)C1(CNS(=O)(=O)c2cc(Br)cnc2N)CC1. The van der Waals surface area contributed by atoms with Gasteiger partial charge in [-0.05, 0) is 46.2 Å². The van der Waals surface area contributed by atoms with Crippen LogP contribution in [0.5, 0.6) is 0 Å². The quantitative estimate of drug-likeness (QED) is 0.854. The molecule has 0 bridgehead atoms. The molecule has 2 rings (SSSR count). The molecule has 1 aromatic rings. The van der Waals surface area contributed by atoms with Crippen molar-refractivity contribution in [3.8, 4) is 0 Å². The maximum atomic E-state index is 12.3. The first-order valence-electron chi connectivity index (χ1n) is 6.17. The van der Waals surface area contributed by atoms with Crippen LogP contribution in [0.1, 0.15) is 26.7 Å². The number of nitrogen functional groups attached to an aromatic ring is 1. The Morgan fingerprint density at radius 1 is 1.53 bits per heavy atom. The van der Waals surface area contributed by atoms with Crippen molar-refractivity contribution in [2.24, 2.45) is 11.3 Å². The molecule has 3 N–H and O–H groups in total. The topological polar surface area (TPSA) is 85.1 Å². The van der Waals surface area contributed by atoms with E-state index in [0.717, 1.165) is 12.8 Å². The summed E-state index contributed by atoms with van der Waals surface area (Å²) < 4.78 is 27.7. The second-order valence-electron chi connectivity index (χ2n) is 5.38. The molecule has 0 radical (unpaired) electrons. The third-order valence-corrected chi connectivity index (χ3v) is 5.73. The van der Waals surface area contributed by atoms with Gasteiger partial charge >= 0.3 is 0 Å². The fraction of sp³-hybridized carbons (Fsp3) is 0.583. The van der Waals surface area contributed by atoms with Crippen molar-refractivity contribution in [2.45, 2.75) is 31.6 Å². The number of rotatable bonds is 5. The van der Waals surface area contributed by atoms with Gasteiger partial charge in [0, 0.05) is 17.2 Å². The van der Waals surface area contributed by atoms with Gasteiger partial charge in [-0.1, -0.05) is 13.8 Å². The fourth-order valence-corrected chi connectivity index (χ4v) is 3.81. The summed E-state index contributed by atoms with van der Waals surface area (Å²) in [4.78, 5) is 3.88. The highest BCUT2D eigenvalue weighted by atomic mass is 79.9. The van der Waals surface area contributed by atoms with Gasteiger partial charge in [0.1, 0.15) is 10.7 Å². The van der Waals surface area contributed by atoms with Gasteiger partial charge in [0.05, 0.1) is 0 Å². The molecule has 0 unspecified atom stereocenters. The average molecular weight is 348 g/mol. The monoisotopic (exact) mass is 347 g/mol. The van der Waals surface area contributed by atoms with Gasteiger partial charge in [-0.15, -0.1) is 0 Å². The van der Waals surface area contributed by atoms with E-state index < -0.39 is 10.0 Å². The molecule has 1 saturated carbocycles. The number of nitrogens with two attached hydrogens (primary N) is 1. The minimum Gasteiger partial charge on any atom is -0.383 e. The third kappa shape index (κ3) is 3.09. The summed E-state index contributed by atoms with van der Waals surface area (Å²) in [5, 5.41) is 0. The van der Waals surface area contributed by atoms with Crippen LogP contribution >= 0.6 is 15.9 Å². The second-order valence-corrected chi connectivity index (χ2v) is 8.03. The number of pyridine rings is 1. The van der Waals surface area contributed by atoms with E-state index in [2.05, 4.69) is 39.5 Å². The van der Waals surface area contributed by atoms with Crippen molar-refractivity contribution in [3.63, 3.8) is 0 Å². The second kappa shape index (κ2) is 5.03. The molecule has 19 heavy (non-hydrogen) atoms. The lowest BCUT2D eigenvalue weighted by Gasteiger charge is -2.20. The lowest BCUT2D eigenvalue weighted by molar-refractivity contribution is 0.357. The van der Waals surface area contributed by atoms with Gasteiger partial charge in [0.2, 0.25) is 10.0 Å². The zero-order valence-corrected chi connectivity index (χ0v) is 13.4. The zero-order valence-electron chi connectivity index (χ0n) is 11.0. The van der Waals surface area contributed by atoms with E-state index >= 15 is 0 Å². The average Bonchev–Trinajstić information content (AvgIpc) is 3.11. The van der Waals surface area contributed by atoms with Gasteiger partial charge in [-0.25, -0.2) is 18.1 Å². The third-order valence-electron chi connectivity index (χ3n) is 3.87. The molecule has 1 aliphatic rings. The summed E-state index contributed by atoms with van der Waals surface area (Å²) in [7, 11) is -3.61. The van der Waals surface area contributed by atoms with Crippen molar-refractivity contribution < 1.29 is 8.42 Å². The molecule has 0 amide bonds. The number of nitrogens with zero attached hydrogens (tertiary/aromatic N) is 1. The molecule has 0 atom stereocenters. The Balaban J connectivity index is 2.17. The Bertz CT molecular complexity index is 583. The van der Waals surface area contributed by atoms with Gasteiger partial charge in [0.25, 0.3) is 0 Å². The molecule has 1 aliphatic carbocycles. The van der Waals surface area contributed by atoms with Crippen LogP contribution in [0.4, 0.5) is 5.82 Å². The van der Waals surface area contributed by atoms with E-state index in [1.807, 2.05) is 0 Å². The van der Waals surface area contributed by atoms with E-state index in [9.17, 15) is 8.42 Å². The van der Waals surface area contributed by atoms with Crippen LogP contribution in [0.25, 0.3) is 0 Å². The summed E-state index contributed by atoms with van der Waals surface area (Å²) >= 11 is 3.20. The largest absolute Gasteiger partial charge is 0.383 e. The van der Waals surface area contributed by atoms with E-state index in [0.29, 0.717) is 16.9 Å². The molecular formula is C12H18BrN3O2S. The van der Waals surface area contributed by atoms with Crippen molar-refractivity contribution in [3.05, 3.63) is 16.7 Å². The number of aromatic nitrogens is 1. The predicted octanol–water partition coefficient (Wildman–Crippen LogP) is 2.14. The van der Waals surface area contributed by atoms with Crippen molar-refractivity contribution in [1.29, 1.82) is 0 Å². The van der Waals surface area contributed by atoms with Gasteiger partial charge in [0.15, 0.2) is 0 Å². The summed E-state index contributed by atoms with van der Waals surface area (Å²) in [6.45, 7) is 4.70. The number of anilines is 1. The molecule has 5 nitrogen and oxygen atoms in total. The van der Waals surface area contributed by atoms with Crippen LogP contribution in [0, 0.1) is 11.3 Å². The molecule has 106 valence electrons. The highest BCUT2D eigenvalue weighted by Crippen LogP contribution is 2.51. The maximum Gasteiger partial charge on any atom is 0.244 e. The van der Waals surface area contributed by atoms with E-state index in [4.69, 9.17) is 5.73 Å². The first-order valence-corrected chi connectivity index (χ1v) is 8.45. The minimum atomic E-state index is -3.61. The van der Waals surface area contributed by atoms with Crippen LogP contribution in [0.15, 0.2) is 21.6 Å². The predicted molar refractivity (Wildman–Crippen MR) is 78.0 cm³/mol. The van der Waals surface area contributed by atoms with Crippen LogP contribution in [0.3, 0.4) is 0 Å². The Hall–Kier alpha value is -0.660.